The number of hydrogen-bond acceptors (Lipinski definition) is 4. The Morgan fingerprint density at radius 1 is 1.52 bits per heavy atom. The van der Waals surface area contributed by atoms with Gasteiger partial charge in [-0.15, -0.1) is 0 Å². The van der Waals surface area contributed by atoms with Crippen LogP contribution >= 0.6 is 0 Å². The lowest BCUT2D eigenvalue weighted by atomic mass is 9.90. The molecular weight excluding hydrogens is 270 g/mol. The highest BCUT2D eigenvalue weighted by molar-refractivity contribution is 5.98. The molecular formula is C15H21N3O3. The van der Waals surface area contributed by atoms with Crippen molar-refractivity contribution in [2.45, 2.75) is 39.2 Å². The molecule has 1 aliphatic heterocycles. The first-order valence-corrected chi connectivity index (χ1v) is 7.29. The summed E-state index contributed by atoms with van der Waals surface area (Å²) >= 11 is 0. The number of nitro benzene ring substituents is 1. The number of anilines is 1. The molecule has 2 rings (SSSR count). The molecule has 1 fully saturated rings. The quantitative estimate of drug-likeness (QED) is 0.682. The molecule has 1 saturated heterocycles. The summed E-state index contributed by atoms with van der Waals surface area (Å²) in [6.07, 6.45) is 3.19. The Hall–Kier alpha value is -2.11. The van der Waals surface area contributed by atoms with Gasteiger partial charge in [0.25, 0.3) is 11.6 Å². The largest absolute Gasteiger partial charge is 0.369 e. The average Bonchev–Trinajstić information content (AvgIpc) is 2.46. The second-order valence-electron chi connectivity index (χ2n) is 5.71. The van der Waals surface area contributed by atoms with Crippen LogP contribution in [0.3, 0.4) is 0 Å². The van der Waals surface area contributed by atoms with Crippen LogP contribution in [0.5, 0.6) is 0 Å². The Morgan fingerprint density at radius 3 is 2.81 bits per heavy atom. The van der Waals surface area contributed by atoms with Gasteiger partial charge in [-0.25, -0.2) is 0 Å². The predicted octanol–water partition coefficient (Wildman–Crippen LogP) is 2.71. The molecule has 0 radical (unpaired) electrons. The molecule has 0 aliphatic carbocycles. The van der Waals surface area contributed by atoms with Gasteiger partial charge in [-0.2, -0.15) is 0 Å². The number of amides is 1. The summed E-state index contributed by atoms with van der Waals surface area (Å²) in [5, 5.41) is 11.0. The van der Waals surface area contributed by atoms with Gasteiger partial charge >= 0.3 is 0 Å². The van der Waals surface area contributed by atoms with Gasteiger partial charge in [-0.1, -0.05) is 13.8 Å². The van der Waals surface area contributed by atoms with Crippen LogP contribution in [0.1, 0.15) is 43.5 Å². The summed E-state index contributed by atoms with van der Waals surface area (Å²) in [5.41, 5.74) is 5.86. The molecule has 114 valence electrons. The Bertz CT molecular complexity index is 559. The number of benzene rings is 1. The van der Waals surface area contributed by atoms with Gasteiger partial charge in [0.15, 0.2) is 0 Å². The monoisotopic (exact) mass is 291 g/mol. The van der Waals surface area contributed by atoms with E-state index in [2.05, 4.69) is 18.7 Å². The summed E-state index contributed by atoms with van der Waals surface area (Å²) in [6.45, 7) is 5.27. The van der Waals surface area contributed by atoms with E-state index >= 15 is 0 Å². The number of nitrogens with zero attached hydrogens (tertiary/aromatic N) is 2. The third-order valence-corrected chi connectivity index (χ3v) is 4.22. The molecule has 1 aliphatic rings. The highest BCUT2D eigenvalue weighted by Crippen LogP contribution is 2.32. The Balaban J connectivity index is 2.38. The second-order valence-corrected chi connectivity index (χ2v) is 5.71. The van der Waals surface area contributed by atoms with Crippen LogP contribution in [0.25, 0.3) is 0 Å². The van der Waals surface area contributed by atoms with Crippen molar-refractivity contribution < 1.29 is 9.72 Å². The number of primary amides is 1. The molecule has 6 nitrogen and oxygen atoms in total. The van der Waals surface area contributed by atoms with E-state index < -0.39 is 10.8 Å². The lowest BCUT2D eigenvalue weighted by Crippen LogP contribution is -2.41. The van der Waals surface area contributed by atoms with E-state index in [0.717, 1.165) is 31.5 Å². The maximum Gasteiger partial charge on any atom is 0.282 e. The number of nitro groups is 1. The van der Waals surface area contributed by atoms with Crippen molar-refractivity contribution in [1.82, 2.24) is 0 Å². The van der Waals surface area contributed by atoms with Crippen molar-refractivity contribution in [2.24, 2.45) is 11.7 Å². The summed E-state index contributed by atoms with van der Waals surface area (Å²) in [6, 6.07) is 5.04. The van der Waals surface area contributed by atoms with Gasteiger partial charge in [-0.05, 0) is 37.3 Å². The fourth-order valence-electron chi connectivity index (χ4n) is 3.04. The zero-order chi connectivity index (χ0) is 15.6. The number of hydrogen-bond donors (Lipinski definition) is 1. The predicted molar refractivity (Wildman–Crippen MR) is 81.4 cm³/mol. The van der Waals surface area contributed by atoms with Gasteiger partial charge < -0.3 is 10.6 Å². The first-order valence-electron chi connectivity index (χ1n) is 7.29. The Kier molecular flexibility index (Phi) is 4.45. The first kappa shape index (κ1) is 15.3. The normalized spacial score (nSPS) is 22.1. The van der Waals surface area contributed by atoms with Crippen LogP contribution in [-0.2, 0) is 0 Å². The van der Waals surface area contributed by atoms with E-state index in [1.807, 2.05) is 0 Å². The van der Waals surface area contributed by atoms with Gasteiger partial charge in [-0.3, -0.25) is 14.9 Å². The smallest absolute Gasteiger partial charge is 0.282 e. The Labute approximate surface area is 124 Å². The van der Waals surface area contributed by atoms with Crippen LogP contribution in [0, 0.1) is 16.0 Å². The van der Waals surface area contributed by atoms with E-state index in [-0.39, 0.29) is 11.3 Å². The molecule has 0 saturated carbocycles. The molecule has 0 aromatic heterocycles. The lowest BCUT2D eigenvalue weighted by molar-refractivity contribution is -0.385. The number of nitrogens with two attached hydrogens (primary N) is 1. The number of piperidine rings is 1. The van der Waals surface area contributed by atoms with E-state index in [1.54, 1.807) is 12.1 Å². The third kappa shape index (κ3) is 3.15. The molecule has 6 heteroatoms. The number of carbonyl (C=O) groups excluding carboxylic acids is 1. The van der Waals surface area contributed by atoms with Gasteiger partial charge in [0.1, 0.15) is 5.56 Å². The molecule has 2 N–H and O–H groups in total. The van der Waals surface area contributed by atoms with Crippen molar-refractivity contribution in [1.29, 1.82) is 0 Å². The van der Waals surface area contributed by atoms with Crippen molar-refractivity contribution in [3.05, 3.63) is 33.9 Å². The zero-order valence-electron chi connectivity index (χ0n) is 12.4. The maximum atomic E-state index is 11.5. The fraction of sp³-hybridized carbons (Fsp3) is 0.533. The minimum Gasteiger partial charge on any atom is -0.369 e. The van der Waals surface area contributed by atoms with E-state index in [4.69, 9.17) is 5.73 Å². The fourth-order valence-corrected chi connectivity index (χ4v) is 3.04. The highest BCUT2D eigenvalue weighted by Gasteiger charge is 2.27. The lowest BCUT2D eigenvalue weighted by Gasteiger charge is -2.40. The molecule has 1 heterocycles. The van der Waals surface area contributed by atoms with Gasteiger partial charge in [0.2, 0.25) is 0 Å². The van der Waals surface area contributed by atoms with Gasteiger partial charge in [0, 0.05) is 24.3 Å². The van der Waals surface area contributed by atoms with Crippen LogP contribution in [-0.4, -0.2) is 23.4 Å². The molecule has 1 unspecified atom stereocenters. The third-order valence-electron chi connectivity index (χ3n) is 4.22. The van der Waals surface area contributed by atoms with Crippen molar-refractivity contribution >= 4 is 17.3 Å². The molecule has 2 atom stereocenters. The maximum absolute atomic E-state index is 11.5. The van der Waals surface area contributed by atoms with Gasteiger partial charge in [0.05, 0.1) is 4.92 Å². The van der Waals surface area contributed by atoms with E-state index in [1.165, 1.54) is 6.07 Å². The first-order chi connectivity index (χ1) is 9.93. The van der Waals surface area contributed by atoms with Crippen molar-refractivity contribution in [2.75, 3.05) is 11.4 Å². The van der Waals surface area contributed by atoms with Crippen LogP contribution < -0.4 is 10.6 Å². The van der Waals surface area contributed by atoms with Crippen molar-refractivity contribution in [3.63, 3.8) is 0 Å². The SMILES string of the molecule is CC[C@@H]1CC(C)CCN1c1ccc([N+](=O)[O-])c(C(N)=O)c1. The van der Waals surface area contributed by atoms with Crippen LogP contribution in [0.15, 0.2) is 18.2 Å². The Morgan fingerprint density at radius 2 is 2.24 bits per heavy atom. The van der Waals surface area contributed by atoms with E-state index in [9.17, 15) is 14.9 Å². The molecule has 1 aromatic carbocycles. The molecule has 21 heavy (non-hydrogen) atoms. The summed E-state index contributed by atoms with van der Waals surface area (Å²) in [7, 11) is 0. The van der Waals surface area contributed by atoms with E-state index in [0.29, 0.717) is 12.0 Å². The minimum atomic E-state index is -0.762. The standard InChI is InChI=1S/C15H21N3O3/c1-3-11-8-10(2)6-7-17(11)12-4-5-14(18(20)21)13(9-12)15(16)19/h4-5,9-11H,3,6-8H2,1-2H3,(H2,16,19)/t10?,11-/m1/s1. The zero-order valence-corrected chi connectivity index (χ0v) is 12.4. The molecule has 0 bridgehead atoms. The second kappa shape index (κ2) is 6.11. The minimum absolute atomic E-state index is 0.0222. The summed E-state index contributed by atoms with van der Waals surface area (Å²) in [5.74, 6) is -0.0816. The topological polar surface area (TPSA) is 89.5 Å². The number of rotatable bonds is 4. The molecule has 1 aromatic rings. The van der Waals surface area contributed by atoms with Crippen LogP contribution in [0.4, 0.5) is 11.4 Å². The molecule has 0 spiro atoms. The van der Waals surface area contributed by atoms with Crippen LogP contribution in [0.2, 0.25) is 0 Å². The average molecular weight is 291 g/mol. The van der Waals surface area contributed by atoms with Crippen molar-refractivity contribution in [3.8, 4) is 0 Å². The molecule has 1 amide bonds. The summed E-state index contributed by atoms with van der Waals surface area (Å²) < 4.78 is 0. The highest BCUT2D eigenvalue weighted by atomic mass is 16.6. The summed E-state index contributed by atoms with van der Waals surface area (Å²) in [4.78, 5) is 24.1. The number of carbonyl (C=O) groups is 1.